The molecule has 0 aliphatic carbocycles. The maximum absolute atomic E-state index is 2.39. The van der Waals surface area contributed by atoms with Gasteiger partial charge in [-0.3, -0.25) is 0 Å². The molecule has 0 atom stereocenters. The van der Waals surface area contributed by atoms with Gasteiger partial charge >= 0.3 is 38.7 Å². The monoisotopic (exact) mass is 105 g/mol. The normalized spacial score (nSPS) is 12.0. The van der Waals surface area contributed by atoms with Crippen molar-refractivity contribution in [2.24, 2.45) is 0 Å². The van der Waals surface area contributed by atoms with Gasteiger partial charge in [0.1, 0.15) is 0 Å². The molecule has 0 amide bonds. The van der Waals surface area contributed by atoms with E-state index >= 15 is 0 Å². The van der Waals surface area contributed by atoms with Crippen LogP contribution in [0.5, 0.6) is 0 Å². The Kier molecular flexibility index (Phi) is 1.81. The van der Waals surface area contributed by atoms with E-state index in [0.29, 0.717) is 0 Å². The van der Waals surface area contributed by atoms with Crippen LogP contribution in [0.2, 0.25) is 18.7 Å². The van der Waals surface area contributed by atoms with Crippen LogP contribution in [-0.2, 0) is 20.0 Å². The molecule has 1 heteroatoms. The molecule has 0 aromatic heterocycles. The molecule has 0 fully saturated rings. The zero-order chi connectivity index (χ0) is 4.50. The van der Waals surface area contributed by atoms with Crippen molar-refractivity contribution < 1.29 is 20.0 Å². The van der Waals surface area contributed by atoms with Crippen LogP contribution in [0.25, 0.3) is 0 Å². The summed E-state index contributed by atoms with van der Waals surface area (Å²) in [6.07, 6.45) is 0. The van der Waals surface area contributed by atoms with Gasteiger partial charge in [0.05, 0.1) is 0 Å². The van der Waals surface area contributed by atoms with E-state index in [1.165, 1.54) is 0 Å². The van der Waals surface area contributed by atoms with Gasteiger partial charge < -0.3 is 0 Å². The Morgan fingerprint density at radius 1 is 0.800 bits per heavy atom. The molecule has 0 radical (unpaired) electrons. The maximum atomic E-state index is 2.39. The van der Waals surface area contributed by atoms with E-state index in [4.69, 9.17) is 0 Å². The standard InChI is InChI=1S/4CH3.Sc/h4*1H3;. The first-order chi connectivity index (χ1) is 2.00. The van der Waals surface area contributed by atoms with Gasteiger partial charge in [-0.25, -0.2) is 0 Å². The van der Waals surface area contributed by atoms with Gasteiger partial charge in [0.2, 0.25) is 0 Å². The summed E-state index contributed by atoms with van der Waals surface area (Å²) >= 11 is -1.12. The summed E-state index contributed by atoms with van der Waals surface area (Å²) in [4.78, 5) is 0. The molecule has 0 saturated heterocycles. The first-order valence-corrected chi connectivity index (χ1v) is 9.52. The van der Waals surface area contributed by atoms with Crippen molar-refractivity contribution in [3.05, 3.63) is 0 Å². The Bertz CT molecular complexity index is 19.1. The van der Waals surface area contributed by atoms with Crippen molar-refractivity contribution in [3.8, 4) is 0 Å². The minimum atomic E-state index is -1.12. The van der Waals surface area contributed by atoms with Crippen LogP contribution >= 0.6 is 0 Å². The van der Waals surface area contributed by atoms with Gasteiger partial charge in [0.25, 0.3) is 0 Å². The third kappa shape index (κ3) is 53.0. The van der Waals surface area contributed by atoms with Crippen molar-refractivity contribution in [2.75, 3.05) is 0 Å². The number of rotatable bonds is 0. The minimum absolute atomic E-state index is 1.12. The molecule has 0 nitrogen and oxygen atoms in total. The van der Waals surface area contributed by atoms with Crippen LogP contribution in [0.1, 0.15) is 0 Å². The van der Waals surface area contributed by atoms with Gasteiger partial charge in [-0.05, 0) is 0 Å². The second-order valence-corrected chi connectivity index (χ2v) is 14.3. The Labute approximate surface area is 38.9 Å². The molecule has 0 unspecified atom stereocenters. The third-order valence-corrected chi connectivity index (χ3v) is 0. The molecule has 0 N–H and O–H groups in total. The number of hydrogen-bond donors (Lipinski definition) is 0. The zero-order valence-corrected chi connectivity index (χ0v) is 6.38. The van der Waals surface area contributed by atoms with Crippen molar-refractivity contribution in [1.29, 1.82) is 0 Å². The fourth-order valence-corrected chi connectivity index (χ4v) is 0. The summed E-state index contributed by atoms with van der Waals surface area (Å²) in [6, 6.07) is 0. The molecule has 0 aliphatic heterocycles. The second-order valence-electron chi connectivity index (χ2n) is 3.46. The molecular weight excluding hydrogens is 93.0 g/mol. The Morgan fingerprint density at radius 2 is 0.800 bits per heavy atom. The van der Waals surface area contributed by atoms with Crippen LogP contribution in [-0.4, -0.2) is 0 Å². The summed E-state index contributed by atoms with van der Waals surface area (Å²) in [5, 5.41) is 0. The van der Waals surface area contributed by atoms with E-state index < -0.39 is 20.0 Å². The summed E-state index contributed by atoms with van der Waals surface area (Å²) in [6.45, 7) is 0. The van der Waals surface area contributed by atoms with Crippen LogP contribution < -0.4 is 0 Å². The molecule has 31 valence electrons. The molecule has 0 bridgehead atoms. The quantitative estimate of drug-likeness (QED) is 0.443. The van der Waals surface area contributed by atoms with Crippen molar-refractivity contribution >= 4 is 0 Å². The Balaban J connectivity index is 3.02. The van der Waals surface area contributed by atoms with E-state index in [1.807, 2.05) is 0 Å². The molecule has 0 saturated carbocycles. The fourth-order valence-electron chi connectivity index (χ4n) is 0. The summed E-state index contributed by atoms with van der Waals surface area (Å²) in [5.41, 5.74) is 0. The second kappa shape index (κ2) is 1.55. The predicted octanol–water partition coefficient (Wildman–Crippen LogP) is 2.33. The average molecular weight is 105 g/mol. The van der Waals surface area contributed by atoms with Crippen LogP contribution in [0.3, 0.4) is 0 Å². The first kappa shape index (κ1) is 5.87. The van der Waals surface area contributed by atoms with Gasteiger partial charge in [0.15, 0.2) is 0 Å². The molecule has 0 rings (SSSR count). The number of hydrogen-bond acceptors (Lipinski definition) is 0. The Hall–Kier alpha value is 0.870. The van der Waals surface area contributed by atoms with Crippen molar-refractivity contribution in [3.63, 3.8) is 0 Å². The topological polar surface area (TPSA) is 0 Å². The van der Waals surface area contributed by atoms with E-state index in [-0.39, 0.29) is 0 Å². The van der Waals surface area contributed by atoms with Gasteiger partial charge in [0, 0.05) is 0 Å². The molecule has 0 heterocycles. The summed E-state index contributed by atoms with van der Waals surface area (Å²) < 4.78 is 9.56. The fraction of sp³-hybridized carbons (Fsp3) is 1.00. The zero-order valence-electron chi connectivity index (χ0n) is 4.58. The summed E-state index contributed by atoms with van der Waals surface area (Å²) in [7, 11) is 0. The molecular formula is C4H12Sc. The van der Waals surface area contributed by atoms with E-state index in [1.54, 1.807) is 0 Å². The SMILES string of the molecule is [CH3][Sc]([CH3])([CH3])[CH3]. The van der Waals surface area contributed by atoms with Crippen molar-refractivity contribution in [1.82, 2.24) is 0 Å². The van der Waals surface area contributed by atoms with E-state index in [9.17, 15) is 0 Å². The van der Waals surface area contributed by atoms with Crippen LogP contribution in [0, 0.1) is 0 Å². The summed E-state index contributed by atoms with van der Waals surface area (Å²) in [5.74, 6) is 0. The third-order valence-electron chi connectivity index (χ3n) is 0. The van der Waals surface area contributed by atoms with Gasteiger partial charge in [-0.1, -0.05) is 0 Å². The average Bonchev–Trinajstić information content (AvgIpc) is 0.722. The molecule has 0 spiro atoms. The van der Waals surface area contributed by atoms with E-state index in [2.05, 4.69) is 18.7 Å². The van der Waals surface area contributed by atoms with Crippen LogP contribution in [0.15, 0.2) is 0 Å². The Morgan fingerprint density at radius 3 is 0.800 bits per heavy atom. The molecule has 5 heavy (non-hydrogen) atoms. The van der Waals surface area contributed by atoms with E-state index in [0.717, 1.165) is 0 Å². The molecule has 0 aromatic carbocycles. The molecule has 0 aliphatic rings. The molecule has 0 aromatic rings. The van der Waals surface area contributed by atoms with Crippen LogP contribution in [0.4, 0.5) is 0 Å². The first-order valence-electron chi connectivity index (χ1n) is 2.31. The predicted molar refractivity (Wildman–Crippen MR) is 23.5 cm³/mol. The van der Waals surface area contributed by atoms with Gasteiger partial charge in [-0.2, -0.15) is 0 Å². The van der Waals surface area contributed by atoms with Gasteiger partial charge in [-0.15, -0.1) is 0 Å². The van der Waals surface area contributed by atoms with Crippen molar-refractivity contribution in [2.45, 2.75) is 18.7 Å².